The van der Waals surface area contributed by atoms with Crippen LogP contribution in [0.5, 0.6) is 0 Å². The molecule has 1 saturated heterocycles. The van der Waals surface area contributed by atoms with Crippen LogP contribution in [0, 0.1) is 5.92 Å². The molecule has 1 amide bonds. The lowest BCUT2D eigenvalue weighted by Crippen LogP contribution is -2.51. The maximum Gasteiger partial charge on any atom is 0.320 e. The number of carbonyl (C=O) groups excluding carboxylic acids is 1. The second kappa shape index (κ2) is 8.62. The maximum atomic E-state index is 12.3. The topological polar surface area (TPSA) is 60.9 Å². The molecule has 5 nitrogen and oxygen atoms in total. The maximum absolute atomic E-state index is 12.3. The smallest absolute Gasteiger partial charge is 0.320 e. The summed E-state index contributed by atoms with van der Waals surface area (Å²) in [5.41, 5.74) is 0. The van der Waals surface area contributed by atoms with Gasteiger partial charge in [0.1, 0.15) is 6.04 Å². The third-order valence-electron chi connectivity index (χ3n) is 4.07. The van der Waals surface area contributed by atoms with Gasteiger partial charge < -0.3 is 10.0 Å². The van der Waals surface area contributed by atoms with Gasteiger partial charge in [-0.2, -0.15) is 0 Å². The molecule has 1 rings (SSSR count). The van der Waals surface area contributed by atoms with Crippen LogP contribution < -0.4 is 0 Å². The fraction of sp³-hybridized carbons (Fsp3) is 0.625. The van der Waals surface area contributed by atoms with E-state index in [4.69, 9.17) is 0 Å². The van der Waals surface area contributed by atoms with E-state index in [9.17, 15) is 14.7 Å². The number of aliphatic carboxylic acids is 1. The second-order valence-electron chi connectivity index (χ2n) is 5.50. The summed E-state index contributed by atoms with van der Waals surface area (Å²) in [6.07, 6.45) is 5.90. The molecule has 1 aliphatic rings. The van der Waals surface area contributed by atoms with Crippen LogP contribution in [0.2, 0.25) is 0 Å². The molecule has 0 aromatic carbocycles. The summed E-state index contributed by atoms with van der Waals surface area (Å²) in [4.78, 5) is 27.2. The molecule has 0 aromatic rings. The van der Waals surface area contributed by atoms with Crippen LogP contribution >= 0.6 is 0 Å². The van der Waals surface area contributed by atoms with E-state index in [0.717, 1.165) is 12.8 Å². The standard InChI is InChI=1S/C16H26N2O3/c1-4-8-17(9-5-2)15(19)12-18-10-7-13(6-3)11-14(18)16(20)21/h4-5,13-14H,1-2,6-12H2,3H3,(H,20,21). The fourth-order valence-corrected chi connectivity index (χ4v) is 2.77. The molecule has 118 valence electrons. The fourth-order valence-electron chi connectivity index (χ4n) is 2.77. The average Bonchev–Trinajstić information content (AvgIpc) is 2.47. The van der Waals surface area contributed by atoms with Crippen molar-refractivity contribution in [3.63, 3.8) is 0 Å². The summed E-state index contributed by atoms with van der Waals surface area (Å²) < 4.78 is 0. The van der Waals surface area contributed by atoms with Crippen molar-refractivity contribution in [3.05, 3.63) is 25.3 Å². The molecule has 2 atom stereocenters. The normalized spacial score (nSPS) is 22.5. The first-order valence-electron chi connectivity index (χ1n) is 7.49. The SMILES string of the molecule is C=CCN(CC=C)C(=O)CN1CCC(CC)CC1C(=O)O. The Bertz CT molecular complexity index is 385. The zero-order chi connectivity index (χ0) is 15.8. The number of hydrogen-bond donors (Lipinski definition) is 1. The number of likely N-dealkylation sites (tertiary alicyclic amines) is 1. The Balaban J connectivity index is 2.69. The van der Waals surface area contributed by atoms with Crippen molar-refractivity contribution in [1.29, 1.82) is 0 Å². The number of carboxylic acid groups (broad SMARTS) is 1. The van der Waals surface area contributed by atoms with Crippen molar-refractivity contribution in [1.82, 2.24) is 9.80 Å². The predicted molar refractivity (Wildman–Crippen MR) is 83.0 cm³/mol. The molecule has 1 fully saturated rings. The minimum Gasteiger partial charge on any atom is -0.480 e. The van der Waals surface area contributed by atoms with Crippen LogP contribution in [-0.2, 0) is 9.59 Å². The summed E-state index contributed by atoms with van der Waals surface area (Å²) in [5.74, 6) is -0.467. The first-order valence-corrected chi connectivity index (χ1v) is 7.49. The molecular formula is C16H26N2O3. The van der Waals surface area contributed by atoms with Gasteiger partial charge in [-0.25, -0.2) is 0 Å². The molecule has 0 aromatic heterocycles. The monoisotopic (exact) mass is 294 g/mol. The lowest BCUT2D eigenvalue weighted by atomic mass is 9.89. The molecule has 2 unspecified atom stereocenters. The van der Waals surface area contributed by atoms with Crippen molar-refractivity contribution >= 4 is 11.9 Å². The average molecular weight is 294 g/mol. The minimum atomic E-state index is -0.833. The van der Waals surface area contributed by atoms with Crippen LogP contribution in [-0.4, -0.2) is 59.0 Å². The van der Waals surface area contributed by atoms with Gasteiger partial charge in [-0.3, -0.25) is 14.5 Å². The summed E-state index contributed by atoms with van der Waals surface area (Å²) in [6.45, 7) is 11.1. The van der Waals surface area contributed by atoms with Crippen LogP contribution in [0.15, 0.2) is 25.3 Å². The Morgan fingerprint density at radius 2 is 1.95 bits per heavy atom. The number of carbonyl (C=O) groups is 2. The van der Waals surface area contributed by atoms with Crippen LogP contribution in [0.1, 0.15) is 26.2 Å². The molecule has 0 spiro atoms. The number of hydrogen-bond acceptors (Lipinski definition) is 3. The molecule has 5 heteroatoms. The summed E-state index contributed by atoms with van der Waals surface area (Å²) in [6, 6.07) is -0.554. The van der Waals surface area contributed by atoms with E-state index in [0.29, 0.717) is 32.0 Å². The third-order valence-corrected chi connectivity index (χ3v) is 4.07. The highest BCUT2D eigenvalue weighted by Gasteiger charge is 2.34. The molecule has 0 radical (unpaired) electrons. The zero-order valence-corrected chi connectivity index (χ0v) is 12.8. The Morgan fingerprint density at radius 1 is 1.33 bits per heavy atom. The van der Waals surface area contributed by atoms with E-state index < -0.39 is 12.0 Å². The molecule has 1 heterocycles. The van der Waals surface area contributed by atoms with Gasteiger partial charge in [0.05, 0.1) is 6.54 Å². The molecular weight excluding hydrogens is 268 g/mol. The number of amides is 1. The number of rotatable bonds is 8. The van der Waals surface area contributed by atoms with Crippen molar-refractivity contribution in [3.8, 4) is 0 Å². The Hall–Kier alpha value is -1.62. The van der Waals surface area contributed by atoms with Gasteiger partial charge in [-0.1, -0.05) is 25.5 Å². The van der Waals surface area contributed by atoms with E-state index in [1.165, 1.54) is 0 Å². The predicted octanol–water partition coefficient (Wildman–Crippen LogP) is 1.76. The summed E-state index contributed by atoms with van der Waals surface area (Å²) in [7, 11) is 0. The van der Waals surface area contributed by atoms with E-state index in [2.05, 4.69) is 20.1 Å². The van der Waals surface area contributed by atoms with Gasteiger partial charge in [0.2, 0.25) is 5.91 Å². The molecule has 21 heavy (non-hydrogen) atoms. The zero-order valence-electron chi connectivity index (χ0n) is 12.8. The lowest BCUT2D eigenvalue weighted by molar-refractivity contribution is -0.147. The van der Waals surface area contributed by atoms with Crippen molar-refractivity contribution in [2.24, 2.45) is 5.92 Å². The summed E-state index contributed by atoms with van der Waals surface area (Å²) in [5, 5.41) is 9.38. The second-order valence-corrected chi connectivity index (χ2v) is 5.50. The molecule has 0 aliphatic carbocycles. The lowest BCUT2D eigenvalue weighted by Gasteiger charge is -2.37. The highest BCUT2D eigenvalue weighted by Crippen LogP contribution is 2.25. The largest absolute Gasteiger partial charge is 0.480 e. The van der Waals surface area contributed by atoms with Gasteiger partial charge in [0.25, 0.3) is 0 Å². The Morgan fingerprint density at radius 3 is 2.43 bits per heavy atom. The van der Waals surface area contributed by atoms with E-state index in [-0.39, 0.29) is 12.5 Å². The Labute approximate surface area is 126 Å². The number of nitrogens with zero attached hydrogens (tertiary/aromatic N) is 2. The van der Waals surface area contributed by atoms with Gasteiger partial charge in [-0.05, 0) is 25.3 Å². The molecule has 0 saturated carbocycles. The number of carboxylic acids is 1. The van der Waals surface area contributed by atoms with Crippen molar-refractivity contribution in [2.45, 2.75) is 32.2 Å². The Kier molecular flexibility index (Phi) is 7.15. The molecule has 1 N–H and O–H groups in total. The number of piperidine rings is 1. The first kappa shape index (κ1) is 17.4. The van der Waals surface area contributed by atoms with Crippen LogP contribution in [0.25, 0.3) is 0 Å². The minimum absolute atomic E-state index is 0.0731. The van der Waals surface area contributed by atoms with Gasteiger partial charge >= 0.3 is 5.97 Å². The van der Waals surface area contributed by atoms with Crippen molar-refractivity contribution in [2.75, 3.05) is 26.2 Å². The molecule has 1 aliphatic heterocycles. The third kappa shape index (κ3) is 5.01. The summed E-state index contributed by atoms with van der Waals surface area (Å²) >= 11 is 0. The van der Waals surface area contributed by atoms with E-state index >= 15 is 0 Å². The van der Waals surface area contributed by atoms with Gasteiger partial charge in [-0.15, -0.1) is 13.2 Å². The molecule has 0 bridgehead atoms. The first-order chi connectivity index (χ1) is 10.0. The van der Waals surface area contributed by atoms with Gasteiger partial charge in [0, 0.05) is 13.1 Å². The van der Waals surface area contributed by atoms with E-state index in [1.807, 2.05) is 0 Å². The highest BCUT2D eigenvalue weighted by atomic mass is 16.4. The van der Waals surface area contributed by atoms with Crippen LogP contribution in [0.3, 0.4) is 0 Å². The van der Waals surface area contributed by atoms with E-state index in [1.54, 1.807) is 22.0 Å². The van der Waals surface area contributed by atoms with Gasteiger partial charge in [0.15, 0.2) is 0 Å². The quantitative estimate of drug-likeness (QED) is 0.693. The van der Waals surface area contributed by atoms with Crippen LogP contribution in [0.4, 0.5) is 0 Å². The van der Waals surface area contributed by atoms with Crippen molar-refractivity contribution < 1.29 is 14.7 Å². The highest BCUT2D eigenvalue weighted by molar-refractivity contribution is 5.80.